The number of nitrogens with one attached hydrogen (secondary N) is 2. The average Bonchev–Trinajstić information content (AvgIpc) is 3.03. The first-order valence-electron chi connectivity index (χ1n) is 8.04. The Balaban J connectivity index is 2.08. The Kier molecular flexibility index (Phi) is 10.4. The fourth-order valence-corrected chi connectivity index (χ4v) is 2.07. The molecule has 0 amide bonds. The zero-order valence-electron chi connectivity index (χ0n) is 13.7. The quantitative estimate of drug-likeness (QED) is 0.267. The molecule has 0 aliphatic carbocycles. The normalized spacial score (nSPS) is 18.3. The molecule has 1 aliphatic heterocycles. The number of aliphatic imine (C=N–C) groups is 1. The van der Waals surface area contributed by atoms with Gasteiger partial charge in [0.2, 0.25) is 0 Å². The van der Waals surface area contributed by atoms with Gasteiger partial charge in [0.15, 0.2) is 5.96 Å². The molecular weight excluding hydrogens is 286 g/mol. The highest BCUT2D eigenvalue weighted by Crippen LogP contribution is 2.11. The highest BCUT2D eigenvalue weighted by Gasteiger charge is 2.14. The smallest absolute Gasteiger partial charge is 0.307 e. The van der Waals surface area contributed by atoms with Gasteiger partial charge in [-0.1, -0.05) is 0 Å². The first-order valence-corrected chi connectivity index (χ1v) is 8.04. The molecule has 22 heavy (non-hydrogen) atoms. The summed E-state index contributed by atoms with van der Waals surface area (Å²) in [4.78, 5) is 15.5. The lowest BCUT2D eigenvalue weighted by Gasteiger charge is -2.11. The summed E-state index contributed by atoms with van der Waals surface area (Å²) >= 11 is 0. The van der Waals surface area contributed by atoms with Crippen molar-refractivity contribution in [1.82, 2.24) is 10.6 Å². The van der Waals surface area contributed by atoms with E-state index in [0.717, 1.165) is 32.4 Å². The van der Waals surface area contributed by atoms with Crippen molar-refractivity contribution in [2.24, 2.45) is 4.99 Å². The van der Waals surface area contributed by atoms with Crippen LogP contribution in [0.3, 0.4) is 0 Å². The molecule has 0 aromatic rings. The summed E-state index contributed by atoms with van der Waals surface area (Å²) in [5.74, 6) is 0.483. The number of esters is 1. The number of carbonyl (C=O) groups is 1. The third kappa shape index (κ3) is 8.84. The summed E-state index contributed by atoms with van der Waals surface area (Å²) in [6.45, 7) is 6.20. The minimum atomic E-state index is -0.231. The molecule has 1 unspecified atom stereocenters. The lowest BCUT2D eigenvalue weighted by molar-refractivity contribution is -0.140. The zero-order valence-corrected chi connectivity index (χ0v) is 13.7. The second-order valence-electron chi connectivity index (χ2n) is 5.08. The summed E-state index contributed by atoms with van der Waals surface area (Å²) in [7, 11) is 1.39. The van der Waals surface area contributed by atoms with E-state index >= 15 is 0 Å². The van der Waals surface area contributed by atoms with Crippen LogP contribution >= 0.6 is 0 Å². The van der Waals surface area contributed by atoms with Crippen molar-refractivity contribution in [3.8, 4) is 0 Å². The highest BCUT2D eigenvalue weighted by molar-refractivity contribution is 5.80. The lowest BCUT2D eigenvalue weighted by Crippen LogP contribution is -2.38. The number of ether oxygens (including phenoxy) is 3. The molecule has 1 saturated heterocycles. The fraction of sp³-hybridized carbons (Fsp3) is 0.867. The van der Waals surface area contributed by atoms with Crippen molar-refractivity contribution < 1.29 is 19.0 Å². The number of methoxy groups -OCH3 is 1. The summed E-state index contributed by atoms with van der Waals surface area (Å²) in [6.07, 6.45) is 3.71. The van der Waals surface area contributed by atoms with Crippen LogP contribution in [-0.2, 0) is 19.0 Å². The van der Waals surface area contributed by atoms with Crippen LogP contribution in [0.25, 0.3) is 0 Å². The summed E-state index contributed by atoms with van der Waals surface area (Å²) in [6, 6.07) is 0. The van der Waals surface area contributed by atoms with E-state index in [2.05, 4.69) is 20.4 Å². The SMILES string of the molecule is CCNC(=NCCCOCC1CCCO1)NCCC(=O)OC. The molecule has 7 heteroatoms. The van der Waals surface area contributed by atoms with E-state index < -0.39 is 0 Å². The van der Waals surface area contributed by atoms with Gasteiger partial charge in [-0.2, -0.15) is 0 Å². The van der Waals surface area contributed by atoms with Gasteiger partial charge in [-0.3, -0.25) is 9.79 Å². The molecule has 1 rings (SSSR count). The monoisotopic (exact) mass is 315 g/mol. The molecule has 1 atom stereocenters. The molecule has 1 aliphatic rings. The van der Waals surface area contributed by atoms with Crippen LogP contribution in [-0.4, -0.2) is 64.6 Å². The van der Waals surface area contributed by atoms with Crippen molar-refractivity contribution in [3.05, 3.63) is 0 Å². The minimum absolute atomic E-state index is 0.231. The molecular formula is C15H29N3O4. The summed E-state index contributed by atoms with van der Waals surface area (Å²) in [5, 5.41) is 6.23. The third-order valence-electron chi connectivity index (χ3n) is 3.24. The van der Waals surface area contributed by atoms with Crippen molar-refractivity contribution in [2.75, 3.05) is 46.6 Å². The predicted octanol–water partition coefficient (Wildman–Crippen LogP) is 0.690. The molecule has 0 saturated carbocycles. The number of nitrogens with zero attached hydrogens (tertiary/aromatic N) is 1. The van der Waals surface area contributed by atoms with Gasteiger partial charge in [0.1, 0.15) is 0 Å². The van der Waals surface area contributed by atoms with Crippen LogP contribution in [0.2, 0.25) is 0 Å². The predicted molar refractivity (Wildman–Crippen MR) is 85.0 cm³/mol. The zero-order chi connectivity index (χ0) is 16.0. The Morgan fingerprint density at radius 3 is 2.95 bits per heavy atom. The Morgan fingerprint density at radius 2 is 2.27 bits per heavy atom. The number of hydrogen-bond acceptors (Lipinski definition) is 5. The first-order chi connectivity index (χ1) is 10.8. The maximum Gasteiger partial charge on any atom is 0.307 e. The third-order valence-corrected chi connectivity index (χ3v) is 3.24. The van der Waals surface area contributed by atoms with Gasteiger partial charge in [0, 0.05) is 32.8 Å². The first kappa shape index (κ1) is 18.7. The van der Waals surface area contributed by atoms with E-state index in [1.165, 1.54) is 7.11 Å². The van der Waals surface area contributed by atoms with Gasteiger partial charge in [-0.05, 0) is 26.2 Å². The second-order valence-corrected chi connectivity index (χ2v) is 5.08. The van der Waals surface area contributed by atoms with E-state index in [-0.39, 0.29) is 12.1 Å². The molecule has 0 spiro atoms. The summed E-state index contributed by atoms with van der Waals surface area (Å²) < 4.78 is 15.7. The van der Waals surface area contributed by atoms with Crippen molar-refractivity contribution in [1.29, 1.82) is 0 Å². The molecule has 0 aromatic carbocycles. The molecule has 0 bridgehead atoms. The largest absolute Gasteiger partial charge is 0.469 e. The number of carbonyl (C=O) groups excluding carboxylic acids is 1. The van der Waals surface area contributed by atoms with E-state index in [1.54, 1.807) is 0 Å². The van der Waals surface area contributed by atoms with Crippen molar-refractivity contribution in [2.45, 2.75) is 38.7 Å². The maximum absolute atomic E-state index is 11.0. The van der Waals surface area contributed by atoms with E-state index in [4.69, 9.17) is 9.47 Å². The van der Waals surface area contributed by atoms with E-state index in [9.17, 15) is 4.79 Å². The standard InChI is InChI=1S/C15H29N3O4/c1-3-16-15(18-9-7-14(19)20-2)17-8-5-10-21-12-13-6-4-11-22-13/h13H,3-12H2,1-2H3,(H2,16,17,18). The number of rotatable bonds is 10. The van der Waals surface area contributed by atoms with E-state index in [0.29, 0.717) is 38.7 Å². The molecule has 128 valence electrons. The molecule has 1 fully saturated rings. The Bertz CT molecular complexity index is 331. The van der Waals surface area contributed by atoms with E-state index in [1.807, 2.05) is 6.92 Å². The van der Waals surface area contributed by atoms with Crippen LogP contribution in [0.4, 0.5) is 0 Å². The fourth-order valence-electron chi connectivity index (χ4n) is 2.07. The van der Waals surface area contributed by atoms with Crippen LogP contribution in [0.5, 0.6) is 0 Å². The van der Waals surface area contributed by atoms with Gasteiger partial charge >= 0.3 is 5.97 Å². The molecule has 2 N–H and O–H groups in total. The molecule has 1 heterocycles. The van der Waals surface area contributed by atoms with Gasteiger partial charge in [0.05, 0.1) is 26.2 Å². The minimum Gasteiger partial charge on any atom is -0.469 e. The topological polar surface area (TPSA) is 81.2 Å². The van der Waals surface area contributed by atoms with Crippen LogP contribution < -0.4 is 10.6 Å². The van der Waals surface area contributed by atoms with Crippen LogP contribution in [0, 0.1) is 0 Å². The Labute approximate surface area is 132 Å². The van der Waals surface area contributed by atoms with Gasteiger partial charge in [-0.15, -0.1) is 0 Å². The lowest BCUT2D eigenvalue weighted by atomic mass is 10.2. The highest BCUT2D eigenvalue weighted by atomic mass is 16.5. The van der Waals surface area contributed by atoms with Gasteiger partial charge in [0.25, 0.3) is 0 Å². The molecule has 0 aromatic heterocycles. The van der Waals surface area contributed by atoms with Crippen LogP contribution in [0.1, 0.15) is 32.6 Å². The molecule has 0 radical (unpaired) electrons. The number of guanidine groups is 1. The van der Waals surface area contributed by atoms with Crippen molar-refractivity contribution in [3.63, 3.8) is 0 Å². The van der Waals surface area contributed by atoms with Crippen molar-refractivity contribution >= 4 is 11.9 Å². The summed E-state index contributed by atoms with van der Waals surface area (Å²) in [5.41, 5.74) is 0. The van der Waals surface area contributed by atoms with Crippen LogP contribution in [0.15, 0.2) is 4.99 Å². The maximum atomic E-state index is 11.0. The Hall–Kier alpha value is -1.34. The average molecular weight is 315 g/mol. The van der Waals surface area contributed by atoms with Gasteiger partial charge in [-0.25, -0.2) is 0 Å². The molecule has 7 nitrogen and oxygen atoms in total. The second kappa shape index (κ2) is 12.2. The number of hydrogen-bond donors (Lipinski definition) is 2. The van der Waals surface area contributed by atoms with Gasteiger partial charge < -0.3 is 24.8 Å². The Morgan fingerprint density at radius 1 is 1.41 bits per heavy atom.